The van der Waals surface area contributed by atoms with Gasteiger partial charge in [-0.25, -0.2) is 0 Å². The van der Waals surface area contributed by atoms with E-state index in [1.807, 2.05) is 32.6 Å². The summed E-state index contributed by atoms with van der Waals surface area (Å²) < 4.78 is 5.64. The SMILES string of the molecule is CC1CC(=O)NC(C(C)(C)C)C(=O)N1CCC1CCCO1. The molecule has 0 bridgehead atoms. The van der Waals surface area contributed by atoms with E-state index in [-0.39, 0.29) is 29.4 Å². The van der Waals surface area contributed by atoms with Gasteiger partial charge in [0.05, 0.1) is 6.10 Å². The third-order valence-corrected chi connectivity index (χ3v) is 4.43. The van der Waals surface area contributed by atoms with Gasteiger partial charge in [-0.3, -0.25) is 9.59 Å². The van der Waals surface area contributed by atoms with Gasteiger partial charge in [0, 0.05) is 25.6 Å². The van der Waals surface area contributed by atoms with Gasteiger partial charge in [0.1, 0.15) is 6.04 Å². The maximum absolute atomic E-state index is 12.8. The molecule has 0 aliphatic carbocycles. The first-order chi connectivity index (χ1) is 9.79. The summed E-state index contributed by atoms with van der Waals surface area (Å²) >= 11 is 0. The van der Waals surface area contributed by atoms with Crippen molar-refractivity contribution in [3.63, 3.8) is 0 Å². The monoisotopic (exact) mass is 296 g/mol. The van der Waals surface area contributed by atoms with E-state index in [1.54, 1.807) is 0 Å². The maximum atomic E-state index is 12.8. The molecule has 3 atom stereocenters. The van der Waals surface area contributed by atoms with Crippen molar-refractivity contribution in [1.29, 1.82) is 0 Å². The molecule has 0 saturated carbocycles. The zero-order valence-corrected chi connectivity index (χ0v) is 13.6. The molecule has 21 heavy (non-hydrogen) atoms. The van der Waals surface area contributed by atoms with Crippen LogP contribution in [0.4, 0.5) is 0 Å². The normalized spacial score (nSPS) is 31.2. The summed E-state index contributed by atoms with van der Waals surface area (Å²) in [5.74, 6) is 0.00855. The van der Waals surface area contributed by atoms with Crippen LogP contribution in [0.2, 0.25) is 0 Å². The van der Waals surface area contributed by atoms with E-state index < -0.39 is 6.04 Å². The molecule has 120 valence electrons. The van der Waals surface area contributed by atoms with Crippen LogP contribution in [0.1, 0.15) is 53.4 Å². The Bertz CT molecular complexity index is 397. The van der Waals surface area contributed by atoms with E-state index in [1.165, 1.54) is 0 Å². The number of hydrogen-bond donors (Lipinski definition) is 1. The van der Waals surface area contributed by atoms with Gasteiger partial charge in [-0.1, -0.05) is 20.8 Å². The molecule has 0 aromatic rings. The first kappa shape index (κ1) is 16.3. The van der Waals surface area contributed by atoms with Crippen LogP contribution in [-0.4, -0.2) is 48.1 Å². The fourth-order valence-electron chi connectivity index (χ4n) is 3.12. The number of carbonyl (C=O) groups excluding carboxylic acids is 2. The molecular formula is C16H28N2O3. The molecule has 3 unspecified atom stereocenters. The number of hydrogen-bond acceptors (Lipinski definition) is 3. The highest BCUT2D eigenvalue weighted by molar-refractivity contribution is 5.91. The Morgan fingerprint density at radius 2 is 2.05 bits per heavy atom. The summed E-state index contributed by atoms with van der Waals surface area (Å²) in [5, 5.41) is 2.90. The summed E-state index contributed by atoms with van der Waals surface area (Å²) in [6, 6.07) is -0.495. The Hall–Kier alpha value is -1.10. The minimum absolute atomic E-state index is 0.0320. The number of nitrogens with one attached hydrogen (secondary N) is 1. The van der Waals surface area contributed by atoms with Gasteiger partial charge < -0.3 is 15.0 Å². The first-order valence-electron chi connectivity index (χ1n) is 8.00. The largest absolute Gasteiger partial charge is 0.378 e. The highest BCUT2D eigenvalue weighted by Crippen LogP contribution is 2.25. The highest BCUT2D eigenvalue weighted by Gasteiger charge is 2.40. The van der Waals surface area contributed by atoms with E-state index >= 15 is 0 Å². The second kappa shape index (κ2) is 6.34. The van der Waals surface area contributed by atoms with E-state index in [4.69, 9.17) is 4.74 Å². The number of amides is 2. The highest BCUT2D eigenvalue weighted by atomic mass is 16.5. The van der Waals surface area contributed by atoms with E-state index in [9.17, 15) is 9.59 Å². The molecule has 2 aliphatic heterocycles. The molecule has 0 aromatic heterocycles. The summed E-state index contributed by atoms with van der Waals surface area (Å²) in [7, 11) is 0. The fourth-order valence-corrected chi connectivity index (χ4v) is 3.12. The Morgan fingerprint density at radius 3 is 2.62 bits per heavy atom. The molecule has 2 amide bonds. The quantitative estimate of drug-likeness (QED) is 0.862. The van der Waals surface area contributed by atoms with Crippen LogP contribution in [0, 0.1) is 5.41 Å². The molecule has 2 saturated heterocycles. The fraction of sp³-hybridized carbons (Fsp3) is 0.875. The van der Waals surface area contributed by atoms with Crippen molar-refractivity contribution < 1.29 is 14.3 Å². The van der Waals surface area contributed by atoms with Crippen LogP contribution in [0.5, 0.6) is 0 Å². The van der Waals surface area contributed by atoms with Gasteiger partial charge in [-0.2, -0.15) is 0 Å². The van der Waals surface area contributed by atoms with Crippen molar-refractivity contribution in [3.8, 4) is 0 Å². The van der Waals surface area contributed by atoms with Crippen LogP contribution < -0.4 is 5.32 Å². The molecule has 0 spiro atoms. The molecule has 5 nitrogen and oxygen atoms in total. The Kier molecular flexibility index (Phi) is 4.91. The third-order valence-electron chi connectivity index (χ3n) is 4.43. The number of rotatable bonds is 3. The van der Waals surface area contributed by atoms with Crippen LogP contribution in [0.25, 0.3) is 0 Å². The van der Waals surface area contributed by atoms with Crippen molar-refractivity contribution in [3.05, 3.63) is 0 Å². The van der Waals surface area contributed by atoms with Crippen molar-refractivity contribution in [2.45, 2.75) is 71.6 Å². The van der Waals surface area contributed by atoms with E-state index in [2.05, 4.69) is 5.32 Å². The molecule has 5 heteroatoms. The van der Waals surface area contributed by atoms with Gasteiger partial charge in [0.25, 0.3) is 0 Å². The Labute approximate surface area is 127 Å². The summed E-state index contributed by atoms with van der Waals surface area (Å²) in [6.07, 6.45) is 3.70. The molecule has 0 aromatic carbocycles. The molecule has 0 radical (unpaired) electrons. The molecule has 2 rings (SSSR count). The number of carbonyl (C=O) groups is 2. The topological polar surface area (TPSA) is 58.6 Å². The van der Waals surface area contributed by atoms with Crippen LogP contribution in [-0.2, 0) is 14.3 Å². The van der Waals surface area contributed by atoms with Gasteiger partial charge in [0.15, 0.2) is 0 Å². The molecule has 2 aliphatic rings. The molecular weight excluding hydrogens is 268 g/mol. The number of ether oxygens (including phenoxy) is 1. The lowest BCUT2D eigenvalue weighted by Crippen LogP contribution is -2.53. The van der Waals surface area contributed by atoms with Crippen LogP contribution in [0.3, 0.4) is 0 Å². The second-order valence-corrected chi connectivity index (χ2v) is 7.38. The lowest BCUT2D eigenvalue weighted by molar-refractivity contribution is -0.138. The van der Waals surface area contributed by atoms with E-state index in [0.717, 1.165) is 25.9 Å². The van der Waals surface area contributed by atoms with Crippen molar-refractivity contribution in [2.24, 2.45) is 5.41 Å². The summed E-state index contributed by atoms with van der Waals surface area (Å²) in [6.45, 7) is 9.43. The zero-order valence-electron chi connectivity index (χ0n) is 13.6. The number of nitrogens with zero attached hydrogens (tertiary/aromatic N) is 1. The van der Waals surface area contributed by atoms with Gasteiger partial charge in [0.2, 0.25) is 11.8 Å². The average Bonchev–Trinajstić information content (AvgIpc) is 2.83. The van der Waals surface area contributed by atoms with Gasteiger partial charge >= 0.3 is 0 Å². The smallest absolute Gasteiger partial charge is 0.245 e. The van der Waals surface area contributed by atoms with Crippen molar-refractivity contribution in [1.82, 2.24) is 10.2 Å². The zero-order chi connectivity index (χ0) is 15.6. The van der Waals surface area contributed by atoms with Crippen molar-refractivity contribution >= 4 is 11.8 Å². The molecule has 2 heterocycles. The van der Waals surface area contributed by atoms with Crippen LogP contribution >= 0.6 is 0 Å². The second-order valence-electron chi connectivity index (χ2n) is 7.38. The standard InChI is InChI=1S/C16H28N2O3/c1-11-10-13(19)17-14(16(2,3)4)15(20)18(11)8-7-12-6-5-9-21-12/h11-12,14H,5-10H2,1-4H3,(H,17,19). The van der Waals surface area contributed by atoms with Gasteiger partial charge in [-0.05, 0) is 31.6 Å². The van der Waals surface area contributed by atoms with E-state index in [0.29, 0.717) is 13.0 Å². The predicted molar refractivity (Wildman–Crippen MR) is 80.8 cm³/mol. The minimum Gasteiger partial charge on any atom is -0.378 e. The van der Waals surface area contributed by atoms with Crippen LogP contribution in [0.15, 0.2) is 0 Å². The Balaban J connectivity index is 2.08. The lowest BCUT2D eigenvalue weighted by atomic mass is 9.86. The Morgan fingerprint density at radius 1 is 1.33 bits per heavy atom. The first-order valence-corrected chi connectivity index (χ1v) is 8.00. The predicted octanol–water partition coefficient (Wildman–Crippen LogP) is 1.71. The molecule has 1 N–H and O–H groups in total. The van der Waals surface area contributed by atoms with Gasteiger partial charge in [-0.15, -0.1) is 0 Å². The van der Waals surface area contributed by atoms with Crippen molar-refractivity contribution in [2.75, 3.05) is 13.2 Å². The summed E-state index contributed by atoms with van der Waals surface area (Å²) in [4.78, 5) is 26.7. The summed E-state index contributed by atoms with van der Waals surface area (Å²) in [5.41, 5.74) is -0.279. The molecule has 2 fully saturated rings. The third kappa shape index (κ3) is 3.96. The maximum Gasteiger partial charge on any atom is 0.245 e. The lowest BCUT2D eigenvalue weighted by Gasteiger charge is -2.34. The average molecular weight is 296 g/mol. The minimum atomic E-state index is -0.445.